The maximum atomic E-state index is 9.72. The summed E-state index contributed by atoms with van der Waals surface area (Å²) < 4.78 is 5.40. The molecule has 0 radical (unpaired) electrons. The van der Waals surface area contributed by atoms with Gasteiger partial charge in [-0.1, -0.05) is 13.8 Å². The van der Waals surface area contributed by atoms with Crippen molar-refractivity contribution in [1.29, 1.82) is 0 Å². The van der Waals surface area contributed by atoms with E-state index in [0.717, 1.165) is 12.8 Å². The lowest BCUT2D eigenvalue weighted by Crippen LogP contribution is -2.32. The van der Waals surface area contributed by atoms with Crippen LogP contribution in [-0.4, -0.2) is 23.9 Å². The van der Waals surface area contributed by atoms with Crippen LogP contribution in [-0.2, 0) is 4.74 Å². The minimum Gasteiger partial charge on any atom is -0.390 e. The summed E-state index contributed by atoms with van der Waals surface area (Å²) in [6.45, 7) is 6.86. The Hall–Kier alpha value is -0.0800. The van der Waals surface area contributed by atoms with Crippen LogP contribution < -0.4 is 0 Å². The first kappa shape index (κ1) is 9.01. The van der Waals surface area contributed by atoms with E-state index in [9.17, 15) is 5.11 Å². The minimum absolute atomic E-state index is 0.0554. The number of hydrogen-bond acceptors (Lipinski definition) is 2. The van der Waals surface area contributed by atoms with Crippen LogP contribution in [0.3, 0.4) is 0 Å². The standard InChI is InChI=1S/C9H18O2/c1-4-11-7-5-6-9(2,3)8(7)10/h7-8,10H,4-6H2,1-3H3. The molecule has 1 saturated carbocycles. The quantitative estimate of drug-likeness (QED) is 0.661. The smallest absolute Gasteiger partial charge is 0.0852 e. The monoisotopic (exact) mass is 158 g/mol. The Balaban J connectivity index is 2.49. The molecule has 2 atom stereocenters. The first-order valence-electron chi connectivity index (χ1n) is 4.37. The van der Waals surface area contributed by atoms with E-state index in [1.165, 1.54) is 0 Å². The summed E-state index contributed by atoms with van der Waals surface area (Å²) in [5, 5.41) is 9.72. The maximum Gasteiger partial charge on any atom is 0.0852 e. The molecule has 1 fully saturated rings. The molecule has 0 aromatic heterocycles. The van der Waals surface area contributed by atoms with E-state index >= 15 is 0 Å². The van der Waals surface area contributed by atoms with Gasteiger partial charge in [-0.15, -0.1) is 0 Å². The number of rotatable bonds is 2. The van der Waals surface area contributed by atoms with Crippen LogP contribution >= 0.6 is 0 Å². The van der Waals surface area contributed by atoms with Crippen molar-refractivity contribution in [2.24, 2.45) is 5.41 Å². The van der Waals surface area contributed by atoms with Crippen molar-refractivity contribution in [2.75, 3.05) is 6.61 Å². The van der Waals surface area contributed by atoms with E-state index in [1.807, 2.05) is 6.92 Å². The third-order valence-corrected chi connectivity index (χ3v) is 2.61. The lowest BCUT2D eigenvalue weighted by atomic mass is 9.89. The van der Waals surface area contributed by atoms with Crippen molar-refractivity contribution in [2.45, 2.75) is 45.8 Å². The molecule has 66 valence electrons. The lowest BCUT2D eigenvalue weighted by molar-refractivity contribution is -0.0455. The predicted molar refractivity (Wildman–Crippen MR) is 44.4 cm³/mol. The van der Waals surface area contributed by atoms with Gasteiger partial charge in [-0.25, -0.2) is 0 Å². The van der Waals surface area contributed by atoms with E-state index in [1.54, 1.807) is 0 Å². The van der Waals surface area contributed by atoms with Crippen molar-refractivity contribution in [3.8, 4) is 0 Å². The molecule has 11 heavy (non-hydrogen) atoms. The largest absolute Gasteiger partial charge is 0.390 e. The Morgan fingerprint density at radius 3 is 2.55 bits per heavy atom. The van der Waals surface area contributed by atoms with Crippen molar-refractivity contribution in [1.82, 2.24) is 0 Å². The van der Waals surface area contributed by atoms with Gasteiger partial charge >= 0.3 is 0 Å². The fraction of sp³-hybridized carbons (Fsp3) is 1.00. The van der Waals surface area contributed by atoms with Crippen molar-refractivity contribution >= 4 is 0 Å². The predicted octanol–water partition coefficient (Wildman–Crippen LogP) is 1.57. The molecule has 0 aromatic carbocycles. The number of hydrogen-bond donors (Lipinski definition) is 1. The third-order valence-electron chi connectivity index (χ3n) is 2.61. The normalized spacial score (nSPS) is 36.0. The molecule has 1 aliphatic carbocycles. The number of ether oxygens (including phenoxy) is 1. The van der Waals surface area contributed by atoms with E-state index in [0.29, 0.717) is 6.61 Å². The highest BCUT2D eigenvalue weighted by Gasteiger charge is 2.41. The van der Waals surface area contributed by atoms with Crippen molar-refractivity contribution in [3.63, 3.8) is 0 Å². The average Bonchev–Trinajstić information content (AvgIpc) is 2.17. The molecule has 0 aromatic rings. The van der Waals surface area contributed by atoms with Gasteiger partial charge in [0.25, 0.3) is 0 Å². The summed E-state index contributed by atoms with van der Waals surface area (Å²) in [7, 11) is 0. The van der Waals surface area contributed by atoms with Crippen LogP contribution in [0.15, 0.2) is 0 Å². The molecule has 0 aliphatic heterocycles. The van der Waals surface area contributed by atoms with Gasteiger partial charge in [-0.3, -0.25) is 0 Å². The molecular formula is C9H18O2. The highest BCUT2D eigenvalue weighted by molar-refractivity contribution is 4.91. The molecule has 1 N–H and O–H groups in total. The molecule has 0 bridgehead atoms. The van der Waals surface area contributed by atoms with E-state index < -0.39 is 0 Å². The Kier molecular flexibility index (Phi) is 2.55. The lowest BCUT2D eigenvalue weighted by Gasteiger charge is -2.25. The molecular weight excluding hydrogens is 140 g/mol. The molecule has 2 nitrogen and oxygen atoms in total. The number of aliphatic hydroxyl groups is 1. The molecule has 1 aliphatic rings. The van der Waals surface area contributed by atoms with Crippen LogP contribution in [0.1, 0.15) is 33.6 Å². The Labute approximate surface area is 68.6 Å². The van der Waals surface area contributed by atoms with E-state index in [-0.39, 0.29) is 17.6 Å². The van der Waals surface area contributed by atoms with Gasteiger partial charge in [0.1, 0.15) is 0 Å². The van der Waals surface area contributed by atoms with Gasteiger partial charge in [-0.2, -0.15) is 0 Å². The summed E-state index contributed by atoms with van der Waals surface area (Å²) in [6.07, 6.45) is 1.87. The zero-order chi connectivity index (χ0) is 8.48. The van der Waals surface area contributed by atoms with E-state index in [2.05, 4.69) is 13.8 Å². The Morgan fingerprint density at radius 1 is 1.55 bits per heavy atom. The Bertz CT molecular complexity index is 132. The average molecular weight is 158 g/mol. The van der Waals surface area contributed by atoms with Gasteiger partial charge in [0.15, 0.2) is 0 Å². The second kappa shape index (κ2) is 3.11. The summed E-state index contributed by atoms with van der Waals surface area (Å²) in [5.74, 6) is 0. The fourth-order valence-corrected chi connectivity index (χ4v) is 1.71. The fourth-order valence-electron chi connectivity index (χ4n) is 1.71. The molecule has 2 heteroatoms. The molecule has 0 heterocycles. The zero-order valence-corrected chi connectivity index (χ0v) is 7.63. The molecule has 0 spiro atoms. The summed E-state index contributed by atoms with van der Waals surface area (Å²) in [4.78, 5) is 0. The number of aliphatic hydroxyl groups excluding tert-OH is 1. The van der Waals surface area contributed by atoms with E-state index in [4.69, 9.17) is 4.74 Å². The van der Waals surface area contributed by atoms with Gasteiger partial charge in [0.2, 0.25) is 0 Å². The van der Waals surface area contributed by atoms with Gasteiger partial charge < -0.3 is 9.84 Å². The van der Waals surface area contributed by atoms with Crippen molar-refractivity contribution in [3.05, 3.63) is 0 Å². The Morgan fingerprint density at radius 2 is 2.18 bits per heavy atom. The zero-order valence-electron chi connectivity index (χ0n) is 7.63. The second-order valence-corrected chi connectivity index (χ2v) is 3.97. The SMILES string of the molecule is CCOC1CCC(C)(C)C1O. The van der Waals surface area contributed by atoms with Crippen LogP contribution in [0.5, 0.6) is 0 Å². The molecule has 2 unspecified atom stereocenters. The summed E-state index contributed by atoms with van der Waals surface area (Å²) in [5.41, 5.74) is 0.0554. The minimum atomic E-state index is -0.276. The maximum absolute atomic E-state index is 9.72. The first-order valence-corrected chi connectivity index (χ1v) is 4.37. The topological polar surface area (TPSA) is 29.5 Å². The highest BCUT2D eigenvalue weighted by Crippen LogP contribution is 2.38. The van der Waals surface area contributed by atoms with Gasteiger partial charge in [0.05, 0.1) is 12.2 Å². The van der Waals surface area contributed by atoms with Crippen LogP contribution in [0.4, 0.5) is 0 Å². The van der Waals surface area contributed by atoms with Gasteiger partial charge in [0, 0.05) is 6.61 Å². The van der Waals surface area contributed by atoms with Crippen LogP contribution in [0.25, 0.3) is 0 Å². The first-order chi connectivity index (χ1) is 5.08. The second-order valence-electron chi connectivity index (χ2n) is 3.97. The highest BCUT2D eigenvalue weighted by atomic mass is 16.5. The van der Waals surface area contributed by atoms with Gasteiger partial charge in [-0.05, 0) is 25.2 Å². The third kappa shape index (κ3) is 1.74. The van der Waals surface area contributed by atoms with Crippen molar-refractivity contribution < 1.29 is 9.84 Å². The van der Waals surface area contributed by atoms with Crippen LogP contribution in [0.2, 0.25) is 0 Å². The molecule has 0 amide bonds. The summed E-state index contributed by atoms with van der Waals surface area (Å²) >= 11 is 0. The molecule has 0 saturated heterocycles. The molecule has 1 rings (SSSR count). The summed E-state index contributed by atoms with van der Waals surface area (Å²) in [6, 6.07) is 0. The van der Waals surface area contributed by atoms with Crippen LogP contribution in [0, 0.1) is 5.41 Å².